The lowest BCUT2D eigenvalue weighted by Gasteiger charge is -2.09. The summed E-state index contributed by atoms with van der Waals surface area (Å²) in [4.78, 5) is 10.9. The Labute approximate surface area is 97.7 Å². The molecule has 16 heavy (non-hydrogen) atoms. The van der Waals surface area contributed by atoms with E-state index in [0.717, 1.165) is 10.9 Å². The fourth-order valence-electron chi connectivity index (χ4n) is 1.72. The SMILES string of the molecule is CN[C@@H](Cc1csc2ccccc12)C(=O)O. The predicted octanol–water partition coefficient (Wildman–Crippen LogP) is 2.12. The largest absolute Gasteiger partial charge is 0.480 e. The molecule has 3 nitrogen and oxygen atoms in total. The smallest absolute Gasteiger partial charge is 0.321 e. The van der Waals surface area contributed by atoms with Crippen molar-refractivity contribution in [3.05, 3.63) is 35.2 Å². The Morgan fingerprint density at radius 3 is 2.94 bits per heavy atom. The zero-order chi connectivity index (χ0) is 11.5. The Hall–Kier alpha value is -1.39. The van der Waals surface area contributed by atoms with Crippen molar-refractivity contribution in [2.45, 2.75) is 12.5 Å². The highest BCUT2D eigenvalue weighted by Crippen LogP contribution is 2.26. The van der Waals surface area contributed by atoms with E-state index in [-0.39, 0.29) is 0 Å². The molecule has 0 aliphatic carbocycles. The maximum absolute atomic E-state index is 10.9. The minimum atomic E-state index is -0.808. The Kier molecular flexibility index (Phi) is 3.22. The molecule has 0 amide bonds. The molecule has 4 heteroatoms. The molecule has 0 saturated heterocycles. The minimum absolute atomic E-state index is 0.516. The van der Waals surface area contributed by atoms with Gasteiger partial charge < -0.3 is 10.4 Å². The van der Waals surface area contributed by atoms with Crippen LogP contribution in [0.3, 0.4) is 0 Å². The number of carboxylic acids is 1. The fourth-order valence-corrected chi connectivity index (χ4v) is 2.70. The summed E-state index contributed by atoms with van der Waals surface area (Å²) in [5, 5.41) is 15.0. The quantitative estimate of drug-likeness (QED) is 0.853. The van der Waals surface area contributed by atoms with Crippen molar-refractivity contribution >= 4 is 27.4 Å². The number of thiophene rings is 1. The molecule has 0 fully saturated rings. The van der Waals surface area contributed by atoms with Gasteiger partial charge in [0.1, 0.15) is 6.04 Å². The number of fused-ring (bicyclic) bond motifs is 1. The van der Waals surface area contributed by atoms with E-state index in [1.807, 2.05) is 23.6 Å². The average Bonchev–Trinajstić information content (AvgIpc) is 2.69. The Balaban J connectivity index is 2.30. The van der Waals surface area contributed by atoms with Gasteiger partial charge in [0.2, 0.25) is 0 Å². The Morgan fingerprint density at radius 2 is 2.25 bits per heavy atom. The van der Waals surface area contributed by atoms with Gasteiger partial charge in [0.15, 0.2) is 0 Å². The first kappa shape index (κ1) is 11.1. The lowest BCUT2D eigenvalue weighted by atomic mass is 10.1. The Morgan fingerprint density at radius 1 is 1.50 bits per heavy atom. The second kappa shape index (κ2) is 4.63. The van der Waals surface area contributed by atoms with Crippen LogP contribution in [0.4, 0.5) is 0 Å². The monoisotopic (exact) mass is 235 g/mol. The van der Waals surface area contributed by atoms with Gasteiger partial charge >= 0.3 is 5.97 Å². The molecule has 0 aliphatic heterocycles. The van der Waals surface area contributed by atoms with E-state index in [4.69, 9.17) is 5.11 Å². The molecular weight excluding hydrogens is 222 g/mol. The molecule has 1 aromatic carbocycles. The number of hydrogen-bond acceptors (Lipinski definition) is 3. The third-order valence-corrected chi connectivity index (χ3v) is 3.64. The molecule has 1 atom stereocenters. The molecule has 0 aliphatic rings. The van der Waals surface area contributed by atoms with Crippen LogP contribution in [0.1, 0.15) is 5.56 Å². The molecule has 0 unspecified atom stereocenters. The maximum Gasteiger partial charge on any atom is 0.321 e. The molecule has 2 rings (SSSR count). The van der Waals surface area contributed by atoms with Gasteiger partial charge in [0.05, 0.1) is 0 Å². The molecule has 2 aromatic rings. The summed E-state index contributed by atoms with van der Waals surface area (Å²) in [5.74, 6) is -0.808. The number of rotatable bonds is 4. The molecule has 1 heterocycles. The van der Waals surface area contributed by atoms with Crippen LogP contribution in [-0.2, 0) is 11.2 Å². The number of carboxylic acid groups (broad SMARTS) is 1. The Bertz CT molecular complexity index is 506. The highest BCUT2D eigenvalue weighted by atomic mass is 32.1. The van der Waals surface area contributed by atoms with Gasteiger partial charge in [-0.05, 0) is 35.9 Å². The fraction of sp³-hybridized carbons (Fsp3) is 0.250. The highest BCUT2D eigenvalue weighted by molar-refractivity contribution is 7.17. The first-order chi connectivity index (χ1) is 7.72. The van der Waals surface area contributed by atoms with Crippen LogP contribution < -0.4 is 5.32 Å². The van der Waals surface area contributed by atoms with E-state index < -0.39 is 12.0 Å². The topological polar surface area (TPSA) is 49.3 Å². The number of likely N-dealkylation sites (N-methyl/N-ethyl adjacent to an activating group) is 1. The van der Waals surface area contributed by atoms with E-state index in [9.17, 15) is 4.79 Å². The summed E-state index contributed by atoms with van der Waals surface area (Å²) in [6.45, 7) is 0. The molecule has 1 aromatic heterocycles. The molecule has 84 valence electrons. The molecular formula is C12H13NO2S. The van der Waals surface area contributed by atoms with E-state index in [2.05, 4.69) is 11.4 Å². The van der Waals surface area contributed by atoms with Crippen molar-refractivity contribution in [3.63, 3.8) is 0 Å². The normalized spacial score (nSPS) is 12.8. The number of benzene rings is 1. The summed E-state index contributed by atoms with van der Waals surface area (Å²) in [7, 11) is 1.67. The standard InChI is InChI=1S/C12H13NO2S/c1-13-10(12(14)15)6-8-7-16-11-5-3-2-4-9(8)11/h2-5,7,10,13H,6H2,1H3,(H,14,15)/t10-/m0/s1. The van der Waals surface area contributed by atoms with E-state index >= 15 is 0 Å². The second-order valence-corrected chi connectivity index (χ2v) is 4.55. The molecule has 0 spiro atoms. The first-order valence-corrected chi connectivity index (χ1v) is 5.95. The van der Waals surface area contributed by atoms with Crippen molar-refractivity contribution in [1.82, 2.24) is 5.32 Å². The van der Waals surface area contributed by atoms with Crippen molar-refractivity contribution in [3.8, 4) is 0 Å². The minimum Gasteiger partial charge on any atom is -0.480 e. The van der Waals surface area contributed by atoms with Crippen molar-refractivity contribution < 1.29 is 9.90 Å². The van der Waals surface area contributed by atoms with Crippen LogP contribution in [0.2, 0.25) is 0 Å². The van der Waals surface area contributed by atoms with Gasteiger partial charge in [-0.1, -0.05) is 18.2 Å². The van der Waals surface area contributed by atoms with Gasteiger partial charge in [-0.15, -0.1) is 11.3 Å². The number of aliphatic carboxylic acids is 1. The summed E-state index contributed by atoms with van der Waals surface area (Å²) in [6.07, 6.45) is 0.524. The average molecular weight is 235 g/mol. The molecule has 0 radical (unpaired) electrons. The van der Waals surface area contributed by atoms with Gasteiger partial charge in [0, 0.05) is 4.70 Å². The van der Waals surface area contributed by atoms with Gasteiger partial charge in [0.25, 0.3) is 0 Å². The summed E-state index contributed by atoms with van der Waals surface area (Å²) < 4.78 is 1.21. The number of hydrogen-bond donors (Lipinski definition) is 2. The van der Waals surface area contributed by atoms with E-state index in [1.165, 1.54) is 4.70 Å². The lowest BCUT2D eigenvalue weighted by Crippen LogP contribution is -2.35. The van der Waals surface area contributed by atoms with Gasteiger partial charge in [-0.3, -0.25) is 4.79 Å². The van der Waals surface area contributed by atoms with E-state index in [0.29, 0.717) is 6.42 Å². The third-order valence-electron chi connectivity index (χ3n) is 2.63. The van der Waals surface area contributed by atoms with Crippen LogP contribution in [0.15, 0.2) is 29.6 Å². The second-order valence-electron chi connectivity index (χ2n) is 3.64. The van der Waals surface area contributed by atoms with Gasteiger partial charge in [-0.2, -0.15) is 0 Å². The van der Waals surface area contributed by atoms with Crippen LogP contribution in [-0.4, -0.2) is 24.2 Å². The van der Waals surface area contributed by atoms with E-state index in [1.54, 1.807) is 18.4 Å². The molecule has 0 saturated carbocycles. The van der Waals surface area contributed by atoms with Crippen LogP contribution in [0, 0.1) is 0 Å². The molecule has 0 bridgehead atoms. The summed E-state index contributed by atoms with van der Waals surface area (Å²) in [5.41, 5.74) is 1.10. The van der Waals surface area contributed by atoms with Crippen molar-refractivity contribution in [2.75, 3.05) is 7.05 Å². The molecule has 2 N–H and O–H groups in total. The third kappa shape index (κ3) is 2.08. The number of nitrogens with one attached hydrogen (secondary N) is 1. The number of carbonyl (C=O) groups is 1. The zero-order valence-corrected chi connectivity index (χ0v) is 9.75. The van der Waals surface area contributed by atoms with Crippen molar-refractivity contribution in [1.29, 1.82) is 0 Å². The predicted molar refractivity (Wildman–Crippen MR) is 66.0 cm³/mol. The highest BCUT2D eigenvalue weighted by Gasteiger charge is 2.17. The summed E-state index contributed by atoms with van der Waals surface area (Å²) >= 11 is 1.66. The lowest BCUT2D eigenvalue weighted by molar-refractivity contribution is -0.139. The first-order valence-electron chi connectivity index (χ1n) is 5.07. The van der Waals surface area contributed by atoms with Crippen LogP contribution in [0.25, 0.3) is 10.1 Å². The summed E-state index contributed by atoms with van der Waals surface area (Å²) in [6, 6.07) is 7.55. The zero-order valence-electron chi connectivity index (χ0n) is 8.93. The van der Waals surface area contributed by atoms with Crippen LogP contribution >= 0.6 is 11.3 Å². The van der Waals surface area contributed by atoms with Gasteiger partial charge in [-0.25, -0.2) is 0 Å². The van der Waals surface area contributed by atoms with Crippen molar-refractivity contribution in [2.24, 2.45) is 0 Å². The van der Waals surface area contributed by atoms with Crippen LogP contribution in [0.5, 0.6) is 0 Å². The maximum atomic E-state index is 10.9.